The van der Waals surface area contributed by atoms with Crippen molar-refractivity contribution >= 4 is 45.0 Å². The van der Waals surface area contributed by atoms with E-state index in [9.17, 15) is 18.0 Å². The molecule has 176 valence electrons. The van der Waals surface area contributed by atoms with E-state index in [4.69, 9.17) is 21.1 Å². The normalized spacial score (nSPS) is 16.9. The van der Waals surface area contributed by atoms with Gasteiger partial charge in [-0.25, -0.2) is 18.2 Å². The van der Waals surface area contributed by atoms with E-state index >= 15 is 0 Å². The van der Waals surface area contributed by atoms with E-state index < -0.39 is 16.0 Å². The van der Waals surface area contributed by atoms with Gasteiger partial charge in [0.15, 0.2) is 6.61 Å². The molecule has 1 aromatic carbocycles. The van der Waals surface area contributed by atoms with Crippen LogP contribution in [0.4, 0.5) is 11.5 Å². The number of amides is 1. The Kier molecular flexibility index (Phi) is 6.73. The van der Waals surface area contributed by atoms with Gasteiger partial charge in [-0.3, -0.25) is 4.79 Å². The number of halogens is 1. The lowest BCUT2D eigenvalue weighted by Crippen LogP contribution is -2.35. The van der Waals surface area contributed by atoms with Crippen LogP contribution in [0.5, 0.6) is 5.75 Å². The Morgan fingerprint density at radius 2 is 2.06 bits per heavy atom. The van der Waals surface area contributed by atoms with Crippen molar-refractivity contribution in [3.63, 3.8) is 0 Å². The first-order valence-electron chi connectivity index (χ1n) is 10.4. The molecule has 0 spiro atoms. The smallest absolute Gasteiger partial charge is 0.339 e. The summed E-state index contributed by atoms with van der Waals surface area (Å²) in [5.41, 5.74) is 0.703. The number of sulfonamides is 1. The first kappa shape index (κ1) is 23.3. The molecule has 12 heteroatoms. The van der Waals surface area contributed by atoms with Crippen molar-refractivity contribution in [3.8, 4) is 5.75 Å². The van der Waals surface area contributed by atoms with E-state index in [0.29, 0.717) is 43.1 Å². The number of benzene rings is 1. The first-order valence-corrected chi connectivity index (χ1v) is 12.3. The molecule has 1 aromatic heterocycles. The fourth-order valence-electron chi connectivity index (χ4n) is 3.69. The first-order chi connectivity index (χ1) is 15.8. The number of hydrogen-bond acceptors (Lipinski definition) is 8. The average Bonchev–Trinajstić information content (AvgIpc) is 3.06. The molecule has 4 rings (SSSR count). The Balaban J connectivity index is 1.49. The molecule has 1 fully saturated rings. The quantitative estimate of drug-likeness (QED) is 0.628. The largest absolute Gasteiger partial charge is 0.482 e. The maximum Gasteiger partial charge on any atom is 0.339 e. The standard InChI is InChI=1S/C21H23ClN4O6S/c1-2-31-21(28)14-4-5-19(23-12-14)25-6-3-7-26(9-8-25)33(29,30)18-11-17-16(10-15(18)22)24-20(27)13-32-17/h4-5,10-12H,2-3,6-9,13H2,1H3,(H,24,27). The molecule has 0 aliphatic carbocycles. The van der Waals surface area contributed by atoms with E-state index in [2.05, 4.69) is 10.3 Å². The number of nitrogens with zero attached hydrogens (tertiary/aromatic N) is 3. The van der Waals surface area contributed by atoms with Gasteiger partial charge in [0.2, 0.25) is 10.0 Å². The third-order valence-corrected chi connectivity index (χ3v) is 7.69. The Bertz CT molecular complexity index is 1170. The topological polar surface area (TPSA) is 118 Å². The highest BCUT2D eigenvalue weighted by molar-refractivity contribution is 7.89. The van der Waals surface area contributed by atoms with Crippen molar-refractivity contribution in [1.29, 1.82) is 0 Å². The molecule has 2 aromatic rings. The van der Waals surface area contributed by atoms with Gasteiger partial charge in [-0.05, 0) is 31.5 Å². The fraction of sp³-hybridized carbons (Fsp3) is 0.381. The van der Waals surface area contributed by atoms with Crippen molar-refractivity contribution in [2.45, 2.75) is 18.2 Å². The van der Waals surface area contributed by atoms with Crippen molar-refractivity contribution < 1.29 is 27.5 Å². The van der Waals surface area contributed by atoms with E-state index in [1.54, 1.807) is 19.1 Å². The van der Waals surface area contributed by atoms with E-state index in [0.717, 1.165) is 0 Å². The average molecular weight is 495 g/mol. The van der Waals surface area contributed by atoms with Crippen molar-refractivity contribution in [1.82, 2.24) is 9.29 Å². The Hall–Kier alpha value is -2.89. The van der Waals surface area contributed by atoms with Gasteiger partial charge >= 0.3 is 5.97 Å². The van der Waals surface area contributed by atoms with Crippen LogP contribution in [0.25, 0.3) is 0 Å². The second-order valence-corrected chi connectivity index (χ2v) is 9.80. The molecule has 2 aliphatic heterocycles. The number of carbonyl (C=O) groups excluding carboxylic acids is 2. The molecule has 2 aliphatic rings. The van der Waals surface area contributed by atoms with E-state index in [1.807, 2.05) is 4.90 Å². The van der Waals surface area contributed by atoms with Gasteiger partial charge in [-0.2, -0.15) is 4.31 Å². The number of anilines is 2. The number of carbonyl (C=O) groups is 2. The third-order valence-electron chi connectivity index (χ3n) is 5.32. The van der Waals surface area contributed by atoms with Crippen LogP contribution >= 0.6 is 11.6 Å². The zero-order chi connectivity index (χ0) is 23.6. The molecule has 0 radical (unpaired) electrons. The van der Waals surface area contributed by atoms with Gasteiger partial charge in [0.1, 0.15) is 16.5 Å². The second kappa shape index (κ2) is 9.54. The van der Waals surface area contributed by atoms with E-state index in [-0.39, 0.29) is 41.3 Å². The van der Waals surface area contributed by atoms with Gasteiger partial charge in [0.05, 0.1) is 22.9 Å². The van der Waals surface area contributed by atoms with E-state index in [1.165, 1.54) is 22.6 Å². The van der Waals surface area contributed by atoms with Crippen LogP contribution in [0.3, 0.4) is 0 Å². The SMILES string of the molecule is CCOC(=O)c1ccc(N2CCCN(S(=O)(=O)c3cc4c(cc3Cl)NC(=O)CO4)CC2)nc1. The highest BCUT2D eigenvalue weighted by Crippen LogP contribution is 2.37. The van der Waals surface area contributed by atoms with Gasteiger partial charge in [-0.15, -0.1) is 0 Å². The molecule has 0 atom stereocenters. The van der Waals surface area contributed by atoms with Gasteiger partial charge in [0.25, 0.3) is 5.91 Å². The van der Waals surface area contributed by atoms with Gasteiger partial charge in [0, 0.05) is 38.4 Å². The molecule has 0 bridgehead atoms. The molecule has 1 amide bonds. The zero-order valence-corrected chi connectivity index (χ0v) is 19.5. The summed E-state index contributed by atoms with van der Waals surface area (Å²) in [5, 5.41) is 2.62. The van der Waals surface area contributed by atoms with Gasteiger partial charge < -0.3 is 19.7 Å². The lowest BCUT2D eigenvalue weighted by Gasteiger charge is -2.24. The highest BCUT2D eigenvalue weighted by Gasteiger charge is 2.31. The molecular formula is C21H23ClN4O6S. The minimum atomic E-state index is -3.89. The minimum Gasteiger partial charge on any atom is -0.482 e. The number of esters is 1. The molecule has 3 heterocycles. The number of pyridine rings is 1. The van der Waals surface area contributed by atoms with Gasteiger partial charge in [-0.1, -0.05) is 11.6 Å². The molecule has 0 unspecified atom stereocenters. The Morgan fingerprint density at radius 1 is 1.24 bits per heavy atom. The molecule has 0 saturated carbocycles. The van der Waals surface area contributed by atoms with Crippen LogP contribution in [0.2, 0.25) is 5.02 Å². The number of fused-ring (bicyclic) bond motifs is 1. The number of hydrogen-bond donors (Lipinski definition) is 1. The van der Waals surface area contributed by atoms with Crippen LogP contribution in [0.1, 0.15) is 23.7 Å². The molecule has 1 N–H and O–H groups in total. The van der Waals surface area contributed by atoms with Crippen LogP contribution in [0.15, 0.2) is 35.4 Å². The maximum absolute atomic E-state index is 13.3. The van der Waals surface area contributed by atoms with Crippen molar-refractivity contribution in [3.05, 3.63) is 41.0 Å². The number of ether oxygens (including phenoxy) is 2. The molecule has 33 heavy (non-hydrogen) atoms. The summed E-state index contributed by atoms with van der Waals surface area (Å²) in [4.78, 5) is 29.6. The van der Waals surface area contributed by atoms with Crippen molar-refractivity contribution in [2.24, 2.45) is 0 Å². The summed E-state index contributed by atoms with van der Waals surface area (Å²) in [6.07, 6.45) is 2.04. The molecule has 10 nitrogen and oxygen atoms in total. The van der Waals surface area contributed by atoms with Crippen LogP contribution < -0.4 is 15.0 Å². The summed E-state index contributed by atoms with van der Waals surface area (Å²) >= 11 is 6.27. The molecular weight excluding hydrogens is 472 g/mol. The lowest BCUT2D eigenvalue weighted by molar-refractivity contribution is -0.118. The minimum absolute atomic E-state index is 0.0110. The number of aromatic nitrogens is 1. The fourth-order valence-corrected chi connectivity index (χ4v) is 5.68. The monoisotopic (exact) mass is 494 g/mol. The van der Waals surface area contributed by atoms with Crippen molar-refractivity contribution in [2.75, 3.05) is 49.6 Å². The second-order valence-electron chi connectivity index (χ2n) is 7.49. The zero-order valence-electron chi connectivity index (χ0n) is 17.9. The molecule has 1 saturated heterocycles. The Labute approximate surface area is 196 Å². The maximum atomic E-state index is 13.3. The third kappa shape index (κ3) is 4.90. The van der Waals surface area contributed by atoms with Crippen LogP contribution in [0, 0.1) is 0 Å². The van der Waals surface area contributed by atoms with Crippen LogP contribution in [-0.2, 0) is 19.6 Å². The lowest BCUT2D eigenvalue weighted by atomic mass is 10.2. The number of rotatable bonds is 5. The number of nitrogens with one attached hydrogen (secondary N) is 1. The summed E-state index contributed by atoms with van der Waals surface area (Å²) in [7, 11) is -3.89. The predicted molar refractivity (Wildman–Crippen MR) is 121 cm³/mol. The summed E-state index contributed by atoms with van der Waals surface area (Å²) in [6.45, 7) is 3.39. The predicted octanol–water partition coefficient (Wildman–Crippen LogP) is 2.14. The summed E-state index contributed by atoms with van der Waals surface area (Å²) < 4.78 is 38.4. The summed E-state index contributed by atoms with van der Waals surface area (Å²) in [5.74, 6) is 0.152. The summed E-state index contributed by atoms with van der Waals surface area (Å²) in [6, 6.07) is 6.11. The Morgan fingerprint density at radius 3 is 2.79 bits per heavy atom. The highest BCUT2D eigenvalue weighted by atomic mass is 35.5. The van der Waals surface area contributed by atoms with Crippen LogP contribution in [-0.4, -0.2) is 69.0 Å².